The molecule has 0 aromatic heterocycles. The first-order chi connectivity index (χ1) is 11.4. The van der Waals surface area contributed by atoms with Crippen LogP contribution in [0.15, 0.2) is 54.6 Å². The molecule has 0 spiro atoms. The Morgan fingerprint density at radius 2 is 1.87 bits per heavy atom. The molecule has 3 nitrogen and oxygen atoms in total. The minimum atomic E-state index is 0.627. The van der Waals surface area contributed by atoms with Crippen LogP contribution >= 0.6 is 0 Å². The summed E-state index contributed by atoms with van der Waals surface area (Å²) >= 11 is 0. The molecule has 2 aromatic carbocycles. The van der Waals surface area contributed by atoms with Crippen LogP contribution in [0.3, 0.4) is 0 Å². The molecule has 2 aliphatic rings. The fourth-order valence-electron chi connectivity index (χ4n) is 3.40. The number of benzene rings is 2. The zero-order chi connectivity index (χ0) is 15.5. The van der Waals surface area contributed by atoms with Gasteiger partial charge in [0.1, 0.15) is 12.4 Å². The van der Waals surface area contributed by atoms with Crippen LogP contribution in [0.4, 0.5) is 0 Å². The average Bonchev–Trinajstić information content (AvgIpc) is 3.17. The smallest absolute Gasteiger partial charge is 0.119 e. The monoisotopic (exact) mass is 308 g/mol. The molecule has 23 heavy (non-hydrogen) atoms. The van der Waals surface area contributed by atoms with Gasteiger partial charge in [0.2, 0.25) is 0 Å². The van der Waals surface area contributed by atoms with Crippen molar-refractivity contribution in [3.05, 3.63) is 65.7 Å². The van der Waals surface area contributed by atoms with Crippen molar-refractivity contribution in [2.45, 2.75) is 37.5 Å². The highest BCUT2D eigenvalue weighted by atomic mass is 16.5. The van der Waals surface area contributed by atoms with Gasteiger partial charge in [-0.15, -0.1) is 0 Å². The molecule has 4 rings (SSSR count). The van der Waals surface area contributed by atoms with Gasteiger partial charge in [-0.2, -0.15) is 0 Å². The highest BCUT2D eigenvalue weighted by molar-refractivity contribution is 5.34. The van der Waals surface area contributed by atoms with Crippen molar-refractivity contribution in [3.63, 3.8) is 0 Å². The predicted molar refractivity (Wildman–Crippen MR) is 92.8 cm³/mol. The zero-order valence-electron chi connectivity index (χ0n) is 13.4. The number of hydrogen-bond donors (Lipinski definition) is 2. The van der Waals surface area contributed by atoms with Gasteiger partial charge in [-0.05, 0) is 42.6 Å². The minimum Gasteiger partial charge on any atom is -0.489 e. The first-order valence-electron chi connectivity index (χ1n) is 8.62. The van der Waals surface area contributed by atoms with Gasteiger partial charge in [0.05, 0.1) is 0 Å². The quantitative estimate of drug-likeness (QED) is 0.860. The molecule has 2 N–H and O–H groups in total. The molecule has 0 radical (unpaired) electrons. The van der Waals surface area contributed by atoms with E-state index in [4.69, 9.17) is 4.74 Å². The fraction of sp³-hybridized carbons (Fsp3) is 0.400. The van der Waals surface area contributed by atoms with Crippen LogP contribution in [-0.2, 0) is 6.61 Å². The summed E-state index contributed by atoms with van der Waals surface area (Å²) in [5, 5.41) is 7.18. The molecule has 1 heterocycles. The summed E-state index contributed by atoms with van der Waals surface area (Å²) in [6.07, 6.45) is 2.52. The Kier molecular flexibility index (Phi) is 4.31. The molecule has 0 amide bonds. The summed E-state index contributed by atoms with van der Waals surface area (Å²) in [6, 6.07) is 20.3. The van der Waals surface area contributed by atoms with Gasteiger partial charge in [-0.25, -0.2) is 0 Å². The molecule has 120 valence electrons. The van der Waals surface area contributed by atoms with E-state index in [9.17, 15) is 0 Å². The second-order valence-electron chi connectivity index (χ2n) is 6.65. The lowest BCUT2D eigenvalue weighted by molar-refractivity contribution is 0.306. The highest BCUT2D eigenvalue weighted by Gasteiger charge is 2.39. The number of rotatable bonds is 6. The first kappa shape index (κ1) is 14.7. The molecular weight excluding hydrogens is 284 g/mol. The predicted octanol–water partition coefficient (Wildman–Crippen LogP) is 3.07. The Morgan fingerprint density at radius 3 is 2.61 bits per heavy atom. The van der Waals surface area contributed by atoms with Crippen LogP contribution < -0.4 is 15.4 Å². The molecule has 3 heteroatoms. The summed E-state index contributed by atoms with van der Waals surface area (Å²) in [5.74, 6) is 1.63. The van der Waals surface area contributed by atoms with E-state index in [2.05, 4.69) is 47.0 Å². The molecule has 1 saturated carbocycles. The third-order valence-corrected chi connectivity index (χ3v) is 4.86. The van der Waals surface area contributed by atoms with Crippen LogP contribution in [-0.4, -0.2) is 25.2 Å². The third-order valence-electron chi connectivity index (χ3n) is 4.86. The van der Waals surface area contributed by atoms with E-state index in [1.165, 1.54) is 24.0 Å². The molecule has 3 atom stereocenters. The maximum Gasteiger partial charge on any atom is 0.119 e. The van der Waals surface area contributed by atoms with Crippen molar-refractivity contribution >= 4 is 0 Å². The summed E-state index contributed by atoms with van der Waals surface area (Å²) in [4.78, 5) is 0. The van der Waals surface area contributed by atoms with E-state index in [0.717, 1.165) is 18.8 Å². The second kappa shape index (κ2) is 6.73. The van der Waals surface area contributed by atoms with Crippen molar-refractivity contribution in [1.29, 1.82) is 0 Å². The van der Waals surface area contributed by atoms with Crippen LogP contribution in [0, 0.1) is 0 Å². The molecule has 2 aromatic rings. The Morgan fingerprint density at radius 1 is 1.04 bits per heavy atom. The Bertz CT molecular complexity index is 620. The van der Waals surface area contributed by atoms with Gasteiger partial charge in [-0.1, -0.05) is 42.5 Å². The van der Waals surface area contributed by atoms with Crippen molar-refractivity contribution in [1.82, 2.24) is 10.6 Å². The zero-order valence-corrected chi connectivity index (χ0v) is 13.4. The summed E-state index contributed by atoms with van der Waals surface area (Å²) in [6.45, 7) is 2.90. The van der Waals surface area contributed by atoms with Gasteiger partial charge in [-0.3, -0.25) is 0 Å². The topological polar surface area (TPSA) is 33.3 Å². The van der Waals surface area contributed by atoms with E-state index >= 15 is 0 Å². The summed E-state index contributed by atoms with van der Waals surface area (Å²) in [5.41, 5.74) is 2.63. The molecular formula is C20H24N2O. The van der Waals surface area contributed by atoms with E-state index in [1.807, 2.05) is 18.2 Å². The van der Waals surface area contributed by atoms with Crippen molar-refractivity contribution < 1.29 is 4.74 Å². The maximum absolute atomic E-state index is 5.86. The summed E-state index contributed by atoms with van der Waals surface area (Å²) < 4.78 is 5.86. The second-order valence-corrected chi connectivity index (χ2v) is 6.65. The standard InChI is InChI=1S/C20H24N2O/c1-2-4-15(5-3-1)14-23-18-8-6-16(7-9-18)19-12-20(19)22-17-10-11-21-13-17/h1-9,17,19-22H,10-14H2. The summed E-state index contributed by atoms with van der Waals surface area (Å²) in [7, 11) is 0. The van der Waals surface area contributed by atoms with Gasteiger partial charge < -0.3 is 15.4 Å². The van der Waals surface area contributed by atoms with Gasteiger partial charge in [0.15, 0.2) is 0 Å². The van der Waals surface area contributed by atoms with Gasteiger partial charge in [0, 0.05) is 24.5 Å². The number of hydrogen-bond acceptors (Lipinski definition) is 3. The third kappa shape index (κ3) is 3.74. The van der Waals surface area contributed by atoms with Crippen LogP contribution in [0.25, 0.3) is 0 Å². The van der Waals surface area contributed by atoms with Crippen LogP contribution in [0.5, 0.6) is 5.75 Å². The van der Waals surface area contributed by atoms with Gasteiger partial charge in [0.25, 0.3) is 0 Å². The Hall–Kier alpha value is -1.84. The van der Waals surface area contributed by atoms with E-state index in [0.29, 0.717) is 24.6 Å². The Labute approximate surface area is 138 Å². The van der Waals surface area contributed by atoms with Crippen LogP contribution in [0.1, 0.15) is 29.9 Å². The van der Waals surface area contributed by atoms with Crippen molar-refractivity contribution in [2.75, 3.05) is 13.1 Å². The maximum atomic E-state index is 5.86. The SMILES string of the molecule is c1ccc(COc2ccc(C3CC3NC3CCNC3)cc2)cc1. The molecule has 1 saturated heterocycles. The lowest BCUT2D eigenvalue weighted by Crippen LogP contribution is -2.33. The largest absolute Gasteiger partial charge is 0.489 e. The first-order valence-corrected chi connectivity index (χ1v) is 8.62. The van der Waals surface area contributed by atoms with Crippen LogP contribution in [0.2, 0.25) is 0 Å². The Balaban J connectivity index is 1.28. The molecule has 2 fully saturated rings. The minimum absolute atomic E-state index is 0.627. The van der Waals surface area contributed by atoms with Crippen molar-refractivity contribution in [3.8, 4) is 5.75 Å². The molecule has 3 unspecified atom stereocenters. The van der Waals surface area contributed by atoms with E-state index in [-0.39, 0.29) is 0 Å². The molecule has 0 bridgehead atoms. The normalized spacial score (nSPS) is 26.2. The highest BCUT2D eigenvalue weighted by Crippen LogP contribution is 2.41. The van der Waals surface area contributed by atoms with E-state index < -0.39 is 0 Å². The molecule has 1 aliphatic carbocycles. The average molecular weight is 308 g/mol. The molecule has 1 aliphatic heterocycles. The fourth-order valence-corrected chi connectivity index (χ4v) is 3.40. The number of ether oxygens (including phenoxy) is 1. The van der Waals surface area contributed by atoms with Gasteiger partial charge >= 0.3 is 0 Å². The van der Waals surface area contributed by atoms with E-state index in [1.54, 1.807) is 0 Å². The van der Waals surface area contributed by atoms with Crippen molar-refractivity contribution in [2.24, 2.45) is 0 Å². The lowest BCUT2D eigenvalue weighted by Gasteiger charge is -2.11. The number of nitrogens with one attached hydrogen (secondary N) is 2. The lowest BCUT2D eigenvalue weighted by atomic mass is 10.1.